The summed E-state index contributed by atoms with van der Waals surface area (Å²) in [6.07, 6.45) is 2.42. The molecule has 1 saturated carbocycles. The Morgan fingerprint density at radius 1 is 1.31 bits per heavy atom. The normalized spacial score (nSPS) is 15.9. The van der Waals surface area contributed by atoms with Gasteiger partial charge in [0.1, 0.15) is 0 Å². The Morgan fingerprint density at radius 2 is 1.94 bits per heavy atom. The number of nitrogens with zero attached hydrogens (tertiary/aromatic N) is 1. The van der Waals surface area contributed by atoms with Crippen molar-refractivity contribution in [3.05, 3.63) is 28.8 Å². The third kappa shape index (κ3) is 1.90. The first-order valence-electron chi connectivity index (χ1n) is 5.77. The lowest BCUT2D eigenvalue weighted by molar-refractivity contribution is 0.582. The van der Waals surface area contributed by atoms with E-state index in [1.165, 1.54) is 24.0 Å². The molecule has 0 unspecified atom stereocenters. The number of nitrogen functional groups attached to an aromatic ring is 1. The highest BCUT2D eigenvalue weighted by Crippen LogP contribution is 2.46. The molecule has 1 aliphatic carbocycles. The van der Waals surface area contributed by atoms with Crippen molar-refractivity contribution in [2.45, 2.75) is 44.9 Å². The molecule has 0 aromatic heterocycles. The predicted octanol–water partition coefficient (Wildman–Crippen LogP) is 3.32. The van der Waals surface area contributed by atoms with E-state index >= 15 is 0 Å². The number of hydrogen-bond donors (Lipinski definition) is 1. The summed E-state index contributed by atoms with van der Waals surface area (Å²) in [7, 11) is 0. The van der Waals surface area contributed by atoms with Crippen LogP contribution in [0.25, 0.3) is 0 Å². The van der Waals surface area contributed by atoms with E-state index in [2.05, 4.69) is 26.8 Å². The van der Waals surface area contributed by atoms with Crippen LogP contribution < -0.4 is 5.73 Å². The quantitative estimate of drug-likeness (QED) is 0.729. The highest BCUT2D eigenvalue weighted by molar-refractivity contribution is 5.58. The number of hydrogen-bond acceptors (Lipinski definition) is 2. The smallest absolute Gasteiger partial charge is 0.0995 e. The molecule has 16 heavy (non-hydrogen) atoms. The molecule has 2 N–H and O–H groups in total. The summed E-state index contributed by atoms with van der Waals surface area (Å²) in [5.41, 5.74) is 9.88. The Kier molecular flexibility index (Phi) is 2.42. The van der Waals surface area contributed by atoms with E-state index in [1.807, 2.05) is 12.1 Å². The Hall–Kier alpha value is -1.49. The Labute approximate surface area is 97.1 Å². The fourth-order valence-corrected chi connectivity index (χ4v) is 2.20. The average Bonchev–Trinajstić information content (AvgIpc) is 2.98. The highest BCUT2D eigenvalue weighted by Gasteiger charge is 2.32. The summed E-state index contributed by atoms with van der Waals surface area (Å²) < 4.78 is 0. The molecule has 2 rings (SSSR count). The molecule has 1 aromatic carbocycles. The second-order valence-electron chi connectivity index (χ2n) is 5.67. The maximum absolute atomic E-state index is 9.20. The molecule has 1 aliphatic rings. The summed E-state index contributed by atoms with van der Waals surface area (Å²) in [5, 5.41) is 9.20. The topological polar surface area (TPSA) is 49.8 Å². The summed E-state index contributed by atoms with van der Waals surface area (Å²) in [6, 6.07) is 6.13. The molecule has 2 nitrogen and oxygen atoms in total. The third-order valence-electron chi connectivity index (χ3n) is 3.12. The van der Waals surface area contributed by atoms with Crippen LogP contribution in [0.3, 0.4) is 0 Å². The van der Waals surface area contributed by atoms with Crippen LogP contribution in [0.4, 0.5) is 5.69 Å². The van der Waals surface area contributed by atoms with Gasteiger partial charge in [-0.1, -0.05) is 20.8 Å². The van der Waals surface area contributed by atoms with Crippen molar-refractivity contribution in [1.29, 1.82) is 5.26 Å². The monoisotopic (exact) mass is 214 g/mol. The maximum Gasteiger partial charge on any atom is 0.0995 e. The number of nitriles is 1. The molecule has 0 aliphatic heterocycles. The van der Waals surface area contributed by atoms with Crippen LogP contribution in [0.1, 0.15) is 56.2 Å². The van der Waals surface area contributed by atoms with Gasteiger partial charge in [-0.3, -0.25) is 0 Å². The van der Waals surface area contributed by atoms with Gasteiger partial charge in [-0.25, -0.2) is 0 Å². The summed E-state index contributed by atoms with van der Waals surface area (Å²) in [4.78, 5) is 0. The number of nitrogens with two attached hydrogens (primary N) is 1. The fraction of sp³-hybridized carbons (Fsp3) is 0.500. The van der Waals surface area contributed by atoms with Crippen LogP contribution in [-0.4, -0.2) is 0 Å². The zero-order valence-corrected chi connectivity index (χ0v) is 10.2. The van der Waals surface area contributed by atoms with Gasteiger partial charge in [0.2, 0.25) is 0 Å². The van der Waals surface area contributed by atoms with Gasteiger partial charge in [0.05, 0.1) is 11.6 Å². The number of rotatable bonds is 1. The Balaban J connectivity index is 2.66. The number of benzene rings is 1. The molecule has 0 spiro atoms. The van der Waals surface area contributed by atoms with Gasteiger partial charge in [0, 0.05) is 5.69 Å². The molecule has 1 aromatic rings. The van der Waals surface area contributed by atoms with Crippen molar-refractivity contribution in [3.63, 3.8) is 0 Å². The Morgan fingerprint density at radius 3 is 2.38 bits per heavy atom. The van der Waals surface area contributed by atoms with Gasteiger partial charge in [-0.15, -0.1) is 0 Å². The van der Waals surface area contributed by atoms with Crippen molar-refractivity contribution in [1.82, 2.24) is 0 Å². The largest absolute Gasteiger partial charge is 0.399 e. The fourth-order valence-electron chi connectivity index (χ4n) is 2.20. The van der Waals surface area contributed by atoms with E-state index < -0.39 is 0 Å². The van der Waals surface area contributed by atoms with Gasteiger partial charge in [-0.05, 0) is 47.4 Å². The minimum Gasteiger partial charge on any atom is -0.399 e. The minimum absolute atomic E-state index is 0.0545. The van der Waals surface area contributed by atoms with E-state index in [9.17, 15) is 5.26 Å². The molecule has 0 bridgehead atoms. The molecule has 0 radical (unpaired) electrons. The lowest BCUT2D eigenvalue weighted by Crippen LogP contribution is -2.15. The van der Waals surface area contributed by atoms with Crippen LogP contribution >= 0.6 is 0 Å². The summed E-state index contributed by atoms with van der Waals surface area (Å²) >= 11 is 0. The van der Waals surface area contributed by atoms with Gasteiger partial charge < -0.3 is 5.73 Å². The first kappa shape index (κ1) is 11.0. The van der Waals surface area contributed by atoms with Crippen LogP contribution in [0.2, 0.25) is 0 Å². The molecule has 84 valence electrons. The molecular weight excluding hydrogens is 196 g/mol. The molecule has 0 atom stereocenters. The second kappa shape index (κ2) is 3.52. The lowest BCUT2D eigenvalue weighted by Gasteiger charge is -2.24. The predicted molar refractivity (Wildman–Crippen MR) is 66.2 cm³/mol. The SMILES string of the molecule is CC(C)(C)c1cc(N)cc(C#N)c1C1CC1. The average molecular weight is 214 g/mol. The van der Waals surface area contributed by atoms with Gasteiger partial charge in [0.25, 0.3) is 0 Å². The summed E-state index contributed by atoms with van der Waals surface area (Å²) in [5.74, 6) is 0.587. The van der Waals surface area contributed by atoms with Crippen LogP contribution in [0, 0.1) is 11.3 Å². The van der Waals surface area contributed by atoms with Crippen molar-refractivity contribution in [2.24, 2.45) is 0 Å². The minimum atomic E-state index is 0.0545. The first-order chi connectivity index (χ1) is 7.43. The van der Waals surface area contributed by atoms with E-state index in [0.29, 0.717) is 11.6 Å². The van der Waals surface area contributed by atoms with Crippen LogP contribution in [0.5, 0.6) is 0 Å². The van der Waals surface area contributed by atoms with Gasteiger partial charge in [-0.2, -0.15) is 5.26 Å². The second-order valence-corrected chi connectivity index (χ2v) is 5.67. The molecule has 0 amide bonds. The van der Waals surface area contributed by atoms with Crippen LogP contribution in [0.15, 0.2) is 12.1 Å². The molecule has 2 heteroatoms. The highest BCUT2D eigenvalue weighted by atomic mass is 14.6. The molecule has 0 heterocycles. The van der Waals surface area contributed by atoms with Crippen LogP contribution in [-0.2, 0) is 5.41 Å². The van der Waals surface area contributed by atoms with Crippen molar-refractivity contribution >= 4 is 5.69 Å². The van der Waals surface area contributed by atoms with Crippen molar-refractivity contribution in [2.75, 3.05) is 5.73 Å². The molecular formula is C14H18N2. The van der Waals surface area contributed by atoms with E-state index in [4.69, 9.17) is 5.73 Å². The number of anilines is 1. The van der Waals surface area contributed by atoms with Crippen molar-refractivity contribution < 1.29 is 0 Å². The van der Waals surface area contributed by atoms with Crippen molar-refractivity contribution in [3.8, 4) is 6.07 Å². The molecule has 1 fully saturated rings. The van der Waals surface area contributed by atoms with E-state index in [0.717, 1.165) is 5.56 Å². The zero-order valence-electron chi connectivity index (χ0n) is 10.2. The van der Waals surface area contributed by atoms with Gasteiger partial charge in [0.15, 0.2) is 0 Å². The molecule has 0 saturated heterocycles. The van der Waals surface area contributed by atoms with Gasteiger partial charge >= 0.3 is 0 Å². The summed E-state index contributed by atoms with van der Waals surface area (Å²) in [6.45, 7) is 6.53. The Bertz CT molecular complexity index is 457. The third-order valence-corrected chi connectivity index (χ3v) is 3.12. The zero-order chi connectivity index (χ0) is 11.9. The van der Waals surface area contributed by atoms with E-state index in [-0.39, 0.29) is 5.41 Å². The lowest BCUT2D eigenvalue weighted by atomic mass is 9.80. The first-order valence-corrected chi connectivity index (χ1v) is 5.77. The standard InChI is InChI=1S/C14H18N2/c1-14(2,3)12-7-11(16)6-10(8-15)13(12)9-4-5-9/h6-7,9H,4-5,16H2,1-3H3. The van der Waals surface area contributed by atoms with E-state index in [1.54, 1.807) is 0 Å². The maximum atomic E-state index is 9.20.